The normalized spacial score (nSPS) is 21.2. The van der Waals surface area contributed by atoms with Crippen LogP contribution in [0.4, 0.5) is 4.79 Å². The molecule has 2 heterocycles. The summed E-state index contributed by atoms with van der Waals surface area (Å²) in [7, 11) is 0. The molecule has 7 nitrogen and oxygen atoms in total. The van der Waals surface area contributed by atoms with Gasteiger partial charge in [-0.1, -0.05) is 56.3 Å². The maximum Gasteiger partial charge on any atom is 0.325 e. The molecule has 3 rings (SSSR count). The third-order valence-corrected chi connectivity index (χ3v) is 4.06. The number of hydrogen-bond acceptors (Lipinski definition) is 5. The molecule has 0 spiro atoms. The van der Waals surface area contributed by atoms with Crippen molar-refractivity contribution in [1.82, 2.24) is 20.4 Å². The van der Waals surface area contributed by atoms with Crippen molar-refractivity contribution in [2.45, 2.75) is 45.2 Å². The van der Waals surface area contributed by atoms with E-state index in [4.69, 9.17) is 4.52 Å². The highest BCUT2D eigenvalue weighted by Gasteiger charge is 2.49. The third kappa shape index (κ3) is 2.66. The van der Waals surface area contributed by atoms with Crippen molar-refractivity contribution in [3.63, 3.8) is 0 Å². The van der Waals surface area contributed by atoms with Crippen molar-refractivity contribution in [3.05, 3.63) is 47.6 Å². The summed E-state index contributed by atoms with van der Waals surface area (Å²) in [6, 6.07) is 8.67. The fraction of sp³-hybridized carbons (Fsp3) is 0.412. The standard InChI is InChI=1S/C17H20N4O3/c1-16(2,3)13-18-12(24-20-13)10-21-14(22)17(4,19-15(21)23)11-8-6-5-7-9-11/h5-9H,10H2,1-4H3,(H,19,23). The van der Waals surface area contributed by atoms with Gasteiger partial charge in [-0.15, -0.1) is 0 Å². The summed E-state index contributed by atoms with van der Waals surface area (Å²) in [5, 5.41) is 6.67. The summed E-state index contributed by atoms with van der Waals surface area (Å²) >= 11 is 0. The first-order valence-electron chi connectivity index (χ1n) is 7.74. The van der Waals surface area contributed by atoms with Gasteiger partial charge in [0.15, 0.2) is 5.82 Å². The maximum atomic E-state index is 12.8. The van der Waals surface area contributed by atoms with Crippen LogP contribution in [0.1, 0.15) is 45.0 Å². The molecule has 1 unspecified atom stereocenters. The molecule has 24 heavy (non-hydrogen) atoms. The van der Waals surface area contributed by atoms with Gasteiger partial charge in [-0.05, 0) is 12.5 Å². The number of nitrogens with one attached hydrogen (secondary N) is 1. The van der Waals surface area contributed by atoms with E-state index in [-0.39, 0.29) is 23.8 Å². The predicted octanol–water partition coefficient (Wildman–Crippen LogP) is 2.33. The zero-order chi connectivity index (χ0) is 17.5. The van der Waals surface area contributed by atoms with Crippen molar-refractivity contribution < 1.29 is 14.1 Å². The Kier molecular flexibility index (Phi) is 3.66. The Hall–Kier alpha value is -2.70. The van der Waals surface area contributed by atoms with Crippen molar-refractivity contribution >= 4 is 11.9 Å². The molecule has 0 bridgehead atoms. The molecule has 1 N–H and O–H groups in total. The van der Waals surface area contributed by atoms with Gasteiger partial charge >= 0.3 is 6.03 Å². The predicted molar refractivity (Wildman–Crippen MR) is 85.9 cm³/mol. The Balaban J connectivity index is 1.84. The first kappa shape index (κ1) is 16.2. The average molecular weight is 328 g/mol. The van der Waals surface area contributed by atoms with Gasteiger partial charge in [0.25, 0.3) is 5.91 Å². The van der Waals surface area contributed by atoms with Gasteiger partial charge in [-0.2, -0.15) is 4.98 Å². The van der Waals surface area contributed by atoms with E-state index in [1.54, 1.807) is 6.92 Å². The lowest BCUT2D eigenvalue weighted by Crippen LogP contribution is -2.40. The van der Waals surface area contributed by atoms with E-state index in [9.17, 15) is 9.59 Å². The summed E-state index contributed by atoms with van der Waals surface area (Å²) in [5.41, 5.74) is -0.630. The van der Waals surface area contributed by atoms with Crippen LogP contribution in [0.5, 0.6) is 0 Å². The second kappa shape index (κ2) is 5.43. The molecule has 126 valence electrons. The molecule has 0 saturated carbocycles. The molecule has 1 saturated heterocycles. The number of nitrogens with zero attached hydrogens (tertiary/aromatic N) is 3. The van der Waals surface area contributed by atoms with Gasteiger partial charge in [-0.25, -0.2) is 4.79 Å². The van der Waals surface area contributed by atoms with Crippen LogP contribution in [0.25, 0.3) is 0 Å². The number of benzene rings is 1. The van der Waals surface area contributed by atoms with E-state index in [0.29, 0.717) is 5.82 Å². The van der Waals surface area contributed by atoms with Crippen molar-refractivity contribution in [2.75, 3.05) is 0 Å². The summed E-state index contributed by atoms with van der Waals surface area (Å²) in [5.74, 6) is 0.435. The summed E-state index contributed by atoms with van der Waals surface area (Å²) in [4.78, 5) is 30.5. The van der Waals surface area contributed by atoms with Gasteiger partial charge in [-0.3, -0.25) is 9.69 Å². The number of aromatic nitrogens is 2. The molecule has 1 aliphatic rings. The van der Waals surface area contributed by atoms with Crippen LogP contribution in [0.2, 0.25) is 0 Å². The molecule has 1 aliphatic heterocycles. The zero-order valence-electron chi connectivity index (χ0n) is 14.2. The van der Waals surface area contributed by atoms with Crippen LogP contribution < -0.4 is 5.32 Å². The Labute approximate surface area is 140 Å². The number of carbonyl (C=O) groups is 2. The molecular formula is C17H20N4O3. The van der Waals surface area contributed by atoms with Gasteiger partial charge < -0.3 is 9.84 Å². The van der Waals surface area contributed by atoms with Gasteiger partial charge in [0, 0.05) is 5.41 Å². The second-order valence-corrected chi connectivity index (χ2v) is 7.07. The average Bonchev–Trinajstić information content (AvgIpc) is 3.08. The van der Waals surface area contributed by atoms with Crippen LogP contribution in [0.15, 0.2) is 34.9 Å². The van der Waals surface area contributed by atoms with Crippen LogP contribution in [-0.2, 0) is 22.3 Å². The molecule has 0 radical (unpaired) electrons. The lowest BCUT2D eigenvalue weighted by Gasteiger charge is -2.21. The van der Waals surface area contributed by atoms with E-state index < -0.39 is 11.6 Å². The third-order valence-electron chi connectivity index (χ3n) is 4.06. The number of carbonyl (C=O) groups excluding carboxylic acids is 2. The Morgan fingerprint density at radius 1 is 1.21 bits per heavy atom. The molecule has 1 aromatic carbocycles. The van der Waals surface area contributed by atoms with E-state index in [0.717, 1.165) is 10.5 Å². The number of amides is 3. The second-order valence-electron chi connectivity index (χ2n) is 7.07. The van der Waals surface area contributed by atoms with Gasteiger partial charge in [0.1, 0.15) is 12.1 Å². The first-order chi connectivity index (χ1) is 11.2. The number of rotatable bonds is 3. The van der Waals surface area contributed by atoms with E-state index in [1.807, 2.05) is 51.1 Å². The van der Waals surface area contributed by atoms with Gasteiger partial charge in [0.05, 0.1) is 0 Å². The highest BCUT2D eigenvalue weighted by molar-refractivity contribution is 6.07. The quantitative estimate of drug-likeness (QED) is 0.874. The fourth-order valence-electron chi connectivity index (χ4n) is 2.57. The number of hydrogen-bond donors (Lipinski definition) is 1. The Bertz CT molecular complexity index is 779. The molecule has 3 amide bonds. The molecular weight excluding hydrogens is 308 g/mol. The number of imide groups is 1. The molecule has 1 aromatic heterocycles. The van der Waals surface area contributed by atoms with E-state index >= 15 is 0 Å². The first-order valence-corrected chi connectivity index (χ1v) is 7.74. The summed E-state index contributed by atoms with van der Waals surface area (Å²) in [6.07, 6.45) is 0. The Morgan fingerprint density at radius 3 is 2.46 bits per heavy atom. The van der Waals surface area contributed by atoms with E-state index in [2.05, 4.69) is 15.5 Å². The lowest BCUT2D eigenvalue weighted by molar-refractivity contribution is -0.131. The number of urea groups is 1. The highest BCUT2D eigenvalue weighted by Crippen LogP contribution is 2.29. The summed E-state index contributed by atoms with van der Waals surface area (Å²) in [6.45, 7) is 7.53. The maximum absolute atomic E-state index is 12.8. The lowest BCUT2D eigenvalue weighted by atomic mass is 9.92. The monoisotopic (exact) mass is 328 g/mol. The highest BCUT2D eigenvalue weighted by atomic mass is 16.5. The molecule has 1 atom stereocenters. The van der Waals surface area contributed by atoms with Gasteiger partial charge in [0.2, 0.25) is 5.89 Å². The van der Waals surface area contributed by atoms with Crippen LogP contribution in [-0.4, -0.2) is 27.0 Å². The van der Waals surface area contributed by atoms with Crippen LogP contribution >= 0.6 is 0 Å². The molecule has 0 aliphatic carbocycles. The zero-order valence-corrected chi connectivity index (χ0v) is 14.2. The summed E-state index contributed by atoms with van der Waals surface area (Å²) < 4.78 is 5.19. The fourth-order valence-corrected chi connectivity index (χ4v) is 2.57. The smallest absolute Gasteiger partial charge is 0.325 e. The largest absolute Gasteiger partial charge is 0.337 e. The minimum atomic E-state index is -1.09. The topological polar surface area (TPSA) is 88.3 Å². The van der Waals surface area contributed by atoms with Crippen molar-refractivity contribution in [1.29, 1.82) is 0 Å². The van der Waals surface area contributed by atoms with Crippen LogP contribution in [0, 0.1) is 0 Å². The van der Waals surface area contributed by atoms with Crippen LogP contribution in [0.3, 0.4) is 0 Å². The molecule has 1 fully saturated rings. The van der Waals surface area contributed by atoms with Crippen molar-refractivity contribution in [3.8, 4) is 0 Å². The minimum Gasteiger partial charge on any atom is -0.337 e. The molecule has 7 heteroatoms. The van der Waals surface area contributed by atoms with Crippen molar-refractivity contribution in [2.24, 2.45) is 0 Å². The van der Waals surface area contributed by atoms with E-state index in [1.165, 1.54) is 0 Å². The Morgan fingerprint density at radius 2 is 1.88 bits per heavy atom. The molecule has 2 aromatic rings. The minimum absolute atomic E-state index is 0.0455. The SMILES string of the molecule is CC(C)(C)c1noc(CN2C(=O)NC(C)(c3ccccc3)C2=O)n1.